The van der Waals surface area contributed by atoms with Crippen molar-refractivity contribution in [2.75, 3.05) is 17.7 Å². The first kappa shape index (κ1) is 20.8. The Hall–Kier alpha value is -4.13. The van der Waals surface area contributed by atoms with Crippen molar-refractivity contribution >= 4 is 22.8 Å². The van der Waals surface area contributed by atoms with Gasteiger partial charge in [-0.15, -0.1) is 0 Å². The first-order valence-corrected chi connectivity index (χ1v) is 10.8. The molecule has 1 aliphatic carbocycles. The molecule has 0 aromatic heterocycles. The zero-order chi connectivity index (χ0) is 22.9. The molecule has 0 fully saturated rings. The highest BCUT2D eigenvalue weighted by Gasteiger charge is 2.36. The fraction of sp³-hybridized carbons (Fsp3) is 0.192. The van der Waals surface area contributed by atoms with E-state index in [0.717, 1.165) is 28.4 Å². The van der Waals surface area contributed by atoms with Gasteiger partial charge in [0.25, 0.3) is 5.69 Å². The van der Waals surface area contributed by atoms with Crippen molar-refractivity contribution in [2.24, 2.45) is 0 Å². The number of ketones is 1. The summed E-state index contributed by atoms with van der Waals surface area (Å²) in [5.41, 5.74) is 4.97. The molecule has 166 valence electrons. The Kier molecular flexibility index (Phi) is 5.30. The number of nitrogens with one attached hydrogen (secondary N) is 2. The zero-order valence-electron chi connectivity index (χ0n) is 18.1. The zero-order valence-corrected chi connectivity index (χ0v) is 18.1. The lowest BCUT2D eigenvalue weighted by atomic mass is 9.78. The first-order valence-electron chi connectivity index (χ1n) is 10.8. The van der Waals surface area contributed by atoms with Crippen molar-refractivity contribution in [1.82, 2.24) is 0 Å². The van der Waals surface area contributed by atoms with Gasteiger partial charge in [0.2, 0.25) is 0 Å². The van der Waals surface area contributed by atoms with E-state index in [1.807, 2.05) is 54.6 Å². The SMILES string of the molecule is COc1ccc(C2CC(=O)C3=C(C2)Nc2ccccc2NC3c2cccc([N+](=O)[O-])c2)cc1. The minimum Gasteiger partial charge on any atom is -0.497 e. The molecule has 1 aliphatic heterocycles. The van der Waals surface area contributed by atoms with E-state index in [0.29, 0.717) is 24.0 Å². The average Bonchev–Trinajstić information content (AvgIpc) is 3.01. The number of benzene rings is 3. The van der Waals surface area contributed by atoms with Crippen LogP contribution in [0.1, 0.15) is 35.9 Å². The topological polar surface area (TPSA) is 93.5 Å². The first-order chi connectivity index (χ1) is 16.0. The Morgan fingerprint density at radius 2 is 1.70 bits per heavy atom. The molecule has 3 aromatic rings. The van der Waals surface area contributed by atoms with E-state index >= 15 is 0 Å². The number of hydrogen-bond donors (Lipinski definition) is 2. The van der Waals surface area contributed by atoms with E-state index in [9.17, 15) is 14.9 Å². The second kappa shape index (κ2) is 8.43. The number of nitro groups is 1. The van der Waals surface area contributed by atoms with Crippen LogP contribution in [-0.2, 0) is 4.79 Å². The van der Waals surface area contributed by atoms with Gasteiger partial charge < -0.3 is 15.4 Å². The van der Waals surface area contributed by atoms with Crippen molar-refractivity contribution in [1.29, 1.82) is 0 Å². The summed E-state index contributed by atoms with van der Waals surface area (Å²) < 4.78 is 5.26. The van der Waals surface area contributed by atoms with Crippen LogP contribution in [0.4, 0.5) is 17.1 Å². The van der Waals surface area contributed by atoms with Gasteiger partial charge in [-0.1, -0.05) is 36.4 Å². The van der Waals surface area contributed by atoms with Gasteiger partial charge in [-0.25, -0.2) is 0 Å². The minimum absolute atomic E-state index is 0.00121. The maximum atomic E-state index is 13.5. The molecule has 3 aromatic carbocycles. The molecular weight excluding hydrogens is 418 g/mol. The average molecular weight is 441 g/mol. The number of non-ortho nitro benzene ring substituents is 1. The van der Waals surface area contributed by atoms with Gasteiger partial charge in [-0.2, -0.15) is 0 Å². The lowest BCUT2D eigenvalue weighted by Gasteiger charge is -2.30. The second-order valence-corrected chi connectivity index (χ2v) is 8.29. The smallest absolute Gasteiger partial charge is 0.269 e. The van der Waals surface area contributed by atoms with Crippen LogP contribution in [0.15, 0.2) is 84.1 Å². The highest BCUT2D eigenvalue weighted by atomic mass is 16.6. The van der Waals surface area contributed by atoms with Gasteiger partial charge in [-0.3, -0.25) is 14.9 Å². The van der Waals surface area contributed by atoms with Gasteiger partial charge in [0, 0.05) is 29.8 Å². The van der Waals surface area contributed by atoms with Crippen LogP contribution in [0.3, 0.4) is 0 Å². The Morgan fingerprint density at radius 3 is 2.42 bits per heavy atom. The highest BCUT2D eigenvalue weighted by molar-refractivity contribution is 6.01. The molecule has 5 rings (SSSR count). The third-order valence-electron chi connectivity index (χ3n) is 6.31. The van der Waals surface area contributed by atoms with Crippen LogP contribution in [0.25, 0.3) is 0 Å². The molecular formula is C26H23N3O4. The molecule has 7 nitrogen and oxygen atoms in total. The molecule has 1 heterocycles. The van der Waals surface area contributed by atoms with Crippen LogP contribution in [0.2, 0.25) is 0 Å². The van der Waals surface area contributed by atoms with E-state index in [2.05, 4.69) is 10.6 Å². The number of nitrogens with zero attached hydrogens (tertiary/aromatic N) is 1. The van der Waals surface area contributed by atoms with E-state index in [1.165, 1.54) is 6.07 Å². The van der Waals surface area contributed by atoms with E-state index < -0.39 is 11.0 Å². The highest BCUT2D eigenvalue weighted by Crippen LogP contribution is 2.44. The molecule has 2 aliphatic rings. The van der Waals surface area contributed by atoms with Crippen molar-refractivity contribution in [2.45, 2.75) is 24.8 Å². The largest absolute Gasteiger partial charge is 0.497 e. The Labute approximate surface area is 191 Å². The van der Waals surface area contributed by atoms with E-state index in [4.69, 9.17) is 4.74 Å². The monoisotopic (exact) mass is 441 g/mol. The number of para-hydroxylation sites is 2. The lowest BCUT2D eigenvalue weighted by Crippen LogP contribution is -2.26. The summed E-state index contributed by atoms with van der Waals surface area (Å²) in [6, 6.07) is 21.6. The molecule has 2 unspecified atom stereocenters. The number of nitro benzene ring substituents is 1. The number of hydrogen-bond acceptors (Lipinski definition) is 6. The standard InChI is InChI=1S/C26H23N3O4/c1-33-20-11-9-16(10-12-20)18-14-23-25(24(30)15-18)26(17-5-4-6-19(13-17)29(31)32)28-22-8-3-2-7-21(22)27-23/h2-13,18,26-28H,14-15H2,1H3. The molecule has 0 saturated heterocycles. The summed E-state index contributed by atoms with van der Waals surface area (Å²) >= 11 is 0. The summed E-state index contributed by atoms with van der Waals surface area (Å²) in [6.07, 6.45) is 1.03. The maximum Gasteiger partial charge on any atom is 0.269 e. The van der Waals surface area contributed by atoms with Crippen LogP contribution >= 0.6 is 0 Å². The third-order valence-corrected chi connectivity index (χ3v) is 6.31. The molecule has 0 amide bonds. The second-order valence-electron chi connectivity index (χ2n) is 8.29. The van der Waals surface area contributed by atoms with Crippen molar-refractivity contribution in [3.8, 4) is 5.75 Å². The quantitative estimate of drug-likeness (QED) is 0.405. The van der Waals surface area contributed by atoms with Crippen LogP contribution < -0.4 is 15.4 Å². The Balaban J connectivity index is 1.59. The lowest BCUT2D eigenvalue weighted by molar-refractivity contribution is -0.384. The molecule has 0 saturated carbocycles. The number of methoxy groups -OCH3 is 1. The van der Waals surface area contributed by atoms with Gasteiger partial charge in [-0.05, 0) is 47.7 Å². The molecule has 0 radical (unpaired) electrons. The van der Waals surface area contributed by atoms with Crippen LogP contribution in [-0.4, -0.2) is 17.8 Å². The third kappa shape index (κ3) is 3.93. The number of fused-ring (bicyclic) bond motifs is 1. The number of anilines is 2. The van der Waals surface area contributed by atoms with Crippen molar-refractivity contribution in [3.63, 3.8) is 0 Å². The van der Waals surface area contributed by atoms with Gasteiger partial charge in [0.05, 0.1) is 29.4 Å². The number of Topliss-reactive ketones (excluding diaryl/α,β-unsaturated/α-hetero) is 1. The molecule has 0 spiro atoms. The van der Waals surface area contributed by atoms with Gasteiger partial charge >= 0.3 is 0 Å². The summed E-state index contributed by atoms with van der Waals surface area (Å²) in [4.78, 5) is 24.5. The molecule has 0 bridgehead atoms. The van der Waals surface area contributed by atoms with Crippen LogP contribution in [0, 0.1) is 10.1 Å². The molecule has 2 atom stereocenters. The fourth-order valence-corrected chi connectivity index (χ4v) is 4.67. The number of rotatable bonds is 4. The number of allylic oxidation sites excluding steroid dienone is 1. The van der Waals surface area contributed by atoms with E-state index in [1.54, 1.807) is 19.2 Å². The van der Waals surface area contributed by atoms with Crippen LogP contribution in [0.5, 0.6) is 5.75 Å². The molecule has 2 N–H and O–H groups in total. The minimum atomic E-state index is -0.486. The van der Waals surface area contributed by atoms with Gasteiger partial charge in [0.1, 0.15) is 5.75 Å². The Morgan fingerprint density at radius 1 is 0.939 bits per heavy atom. The number of ether oxygens (including phenoxy) is 1. The predicted octanol–water partition coefficient (Wildman–Crippen LogP) is 5.58. The summed E-state index contributed by atoms with van der Waals surface area (Å²) in [6.45, 7) is 0. The molecule has 7 heteroatoms. The maximum absolute atomic E-state index is 13.5. The van der Waals surface area contributed by atoms with Gasteiger partial charge in [0.15, 0.2) is 5.78 Å². The summed E-state index contributed by atoms with van der Waals surface area (Å²) in [5, 5.41) is 18.3. The molecule has 33 heavy (non-hydrogen) atoms. The summed E-state index contributed by atoms with van der Waals surface area (Å²) in [7, 11) is 1.63. The number of carbonyl (C=O) groups excluding carboxylic acids is 1. The fourth-order valence-electron chi connectivity index (χ4n) is 4.67. The van der Waals surface area contributed by atoms with Crippen molar-refractivity contribution < 1.29 is 14.5 Å². The summed E-state index contributed by atoms with van der Waals surface area (Å²) in [5.74, 6) is 0.837. The Bertz CT molecular complexity index is 1270. The van der Waals surface area contributed by atoms with Crippen molar-refractivity contribution in [3.05, 3.63) is 105 Å². The number of carbonyl (C=O) groups is 1. The van der Waals surface area contributed by atoms with E-state index in [-0.39, 0.29) is 17.4 Å². The predicted molar refractivity (Wildman–Crippen MR) is 127 cm³/mol. The normalized spacial score (nSPS) is 19.5.